The number of carbonyl (C=O) groups excluding carboxylic acids is 1. The Kier molecular flexibility index (Phi) is 3.99. The Hall–Kier alpha value is -2.83. The monoisotopic (exact) mass is 274 g/mol. The Morgan fingerprint density at radius 3 is 2.70 bits per heavy atom. The van der Waals surface area contributed by atoms with Crippen LogP contribution < -0.4 is 16.4 Å². The highest BCUT2D eigenvalue weighted by Crippen LogP contribution is 2.22. The molecule has 0 atom stereocenters. The third kappa shape index (κ3) is 3.14. The summed E-state index contributed by atoms with van der Waals surface area (Å²) in [5.74, 6) is -1.09. The van der Waals surface area contributed by atoms with Crippen molar-refractivity contribution in [3.63, 3.8) is 0 Å². The second-order valence-corrected chi connectivity index (χ2v) is 4.10. The van der Waals surface area contributed by atoms with Gasteiger partial charge in [0, 0.05) is 24.2 Å². The van der Waals surface area contributed by atoms with Crippen LogP contribution in [0.3, 0.4) is 0 Å². The van der Waals surface area contributed by atoms with E-state index in [0.717, 1.165) is 5.39 Å². The lowest BCUT2D eigenvalue weighted by Gasteiger charge is -2.10. The number of nitrogens with two attached hydrogens (primary N) is 1. The van der Waals surface area contributed by atoms with Gasteiger partial charge in [0.15, 0.2) is 5.69 Å². The average molecular weight is 274 g/mol. The van der Waals surface area contributed by atoms with Crippen molar-refractivity contribution >= 4 is 28.6 Å². The van der Waals surface area contributed by atoms with Gasteiger partial charge in [-0.25, -0.2) is 14.6 Å². The SMILES string of the molecule is NC(=O)NCCNc1cc(C(=O)O)nc2ccccc12. The topological polar surface area (TPSA) is 117 Å². The van der Waals surface area contributed by atoms with Crippen LogP contribution in [0.15, 0.2) is 30.3 Å². The number of nitrogens with zero attached hydrogens (tertiary/aromatic N) is 1. The maximum atomic E-state index is 11.1. The molecule has 0 saturated carbocycles. The Balaban J connectivity index is 2.25. The van der Waals surface area contributed by atoms with E-state index in [-0.39, 0.29) is 5.69 Å². The Bertz CT molecular complexity index is 657. The molecular weight excluding hydrogens is 260 g/mol. The van der Waals surface area contributed by atoms with Crippen molar-refractivity contribution in [2.75, 3.05) is 18.4 Å². The molecule has 7 nitrogen and oxygen atoms in total. The van der Waals surface area contributed by atoms with Gasteiger partial charge < -0.3 is 21.5 Å². The van der Waals surface area contributed by atoms with Crippen molar-refractivity contribution in [2.45, 2.75) is 0 Å². The normalized spacial score (nSPS) is 10.2. The van der Waals surface area contributed by atoms with Crippen molar-refractivity contribution in [3.05, 3.63) is 36.0 Å². The largest absolute Gasteiger partial charge is 0.477 e. The molecule has 2 rings (SSSR count). The maximum absolute atomic E-state index is 11.1. The zero-order chi connectivity index (χ0) is 14.5. The van der Waals surface area contributed by atoms with Crippen LogP contribution in [0.25, 0.3) is 10.9 Å². The molecule has 1 aromatic carbocycles. The maximum Gasteiger partial charge on any atom is 0.354 e. The van der Waals surface area contributed by atoms with Gasteiger partial charge in [-0.15, -0.1) is 0 Å². The van der Waals surface area contributed by atoms with Crippen molar-refractivity contribution in [2.24, 2.45) is 5.73 Å². The fraction of sp³-hybridized carbons (Fsp3) is 0.154. The van der Waals surface area contributed by atoms with Crippen molar-refractivity contribution in [1.29, 1.82) is 0 Å². The summed E-state index contributed by atoms with van der Waals surface area (Å²) in [6.45, 7) is 0.768. The van der Waals surface area contributed by atoms with Crippen LogP contribution in [-0.4, -0.2) is 35.2 Å². The molecule has 0 spiro atoms. The Morgan fingerprint density at radius 1 is 1.25 bits per heavy atom. The fourth-order valence-electron chi connectivity index (χ4n) is 1.81. The first-order valence-corrected chi connectivity index (χ1v) is 5.98. The molecule has 5 N–H and O–H groups in total. The van der Waals surface area contributed by atoms with Gasteiger partial charge >= 0.3 is 12.0 Å². The molecule has 2 aromatic rings. The summed E-state index contributed by atoms with van der Waals surface area (Å²) in [4.78, 5) is 25.7. The number of hydrogen-bond donors (Lipinski definition) is 4. The highest BCUT2D eigenvalue weighted by Gasteiger charge is 2.10. The molecule has 0 aliphatic rings. The predicted octanol–water partition coefficient (Wildman–Crippen LogP) is 1.01. The van der Waals surface area contributed by atoms with Crippen LogP contribution in [0.4, 0.5) is 10.5 Å². The number of hydrogen-bond acceptors (Lipinski definition) is 4. The summed E-state index contributed by atoms with van der Waals surface area (Å²) < 4.78 is 0. The zero-order valence-corrected chi connectivity index (χ0v) is 10.6. The smallest absolute Gasteiger partial charge is 0.354 e. The van der Waals surface area contributed by atoms with Crippen LogP contribution in [0.1, 0.15) is 10.5 Å². The van der Waals surface area contributed by atoms with E-state index in [1.54, 1.807) is 12.1 Å². The number of pyridine rings is 1. The van der Waals surface area contributed by atoms with Gasteiger partial charge in [-0.3, -0.25) is 0 Å². The lowest BCUT2D eigenvalue weighted by Crippen LogP contribution is -2.33. The van der Waals surface area contributed by atoms with Gasteiger partial charge in [-0.05, 0) is 12.1 Å². The minimum atomic E-state index is -1.09. The number of aromatic carboxylic acids is 1. The van der Waals surface area contributed by atoms with Crippen LogP contribution in [-0.2, 0) is 0 Å². The van der Waals surface area contributed by atoms with Gasteiger partial charge in [-0.2, -0.15) is 0 Å². The van der Waals surface area contributed by atoms with Gasteiger partial charge in [0.2, 0.25) is 0 Å². The molecule has 20 heavy (non-hydrogen) atoms. The number of benzene rings is 1. The molecule has 0 aliphatic carbocycles. The summed E-state index contributed by atoms with van der Waals surface area (Å²) in [6, 6.07) is 8.09. The van der Waals surface area contributed by atoms with Gasteiger partial charge in [0.05, 0.1) is 5.52 Å². The molecular formula is C13H14N4O3. The third-order valence-corrected chi connectivity index (χ3v) is 2.67. The minimum Gasteiger partial charge on any atom is -0.477 e. The highest BCUT2D eigenvalue weighted by atomic mass is 16.4. The first-order valence-electron chi connectivity index (χ1n) is 5.98. The van der Waals surface area contributed by atoms with E-state index >= 15 is 0 Å². The molecule has 0 saturated heterocycles. The number of carboxylic acid groups (broad SMARTS) is 1. The number of amides is 2. The first kappa shape index (κ1) is 13.6. The summed E-state index contributed by atoms with van der Waals surface area (Å²) in [7, 11) is 0. The summed E-state index contributed by atoms with van der Waals surface area (Å²) in [6.07, 6.45) is 0. The zero-order valence-electron chi connectivity index (χ0n) is 10.6. The minimum absolute atomic E-state index is 0.0333. The van der Waals surface area contributed by atoms with E-state index in [4.69, 9.17) is 10.8 Å². The lowest BCUT2D eigenvalue weighted by molar-refractivity contribution is 0.0691. The first-order chi connectivity index (χ1) is 9.58. The Labute approximate surface area is 114 Å². The summed E-state index contributed by atoms with van der Waals surface area (Å²) in [5, 5.41) is 15.4. The fourth-order valence-corrected chi connectivity index (χ4v) is 1.81. The van der Waals surface area contributed by atoms with Gasteiger partial charge in [-0.1, -0.05) is 18.2 Å². The highest BCUT2D eigenvalue weighted by molar-refractivity contribution is 5.97. The molecule has 0 fully saturated rings. The van der Waals surface area contributed by atoms with E-state index in [0.29, 0.717) is 24.3 Å². The third-order valence-electron chi connectivity index (χ3n) is 2.67. The second kappa shape index (κ2) is 5.87. The van der Waals surface area contributed by atoms with Crippen molar-refractivity contribution in [3.8, 4) is 0 Å². The van der Waals surface area contributed by atoms with Crippen LogP contribution in [0.5, 0.6) is 0 Å². The number of fused-ring (bicyclic) bond motifs is 1. The molecule has 0 bridgehead atoms. The molecule has 1 heterocycles. The van der Waals surface area contributed by atoms with Crippen molar-refractivity contribution in [1.82, 2.24) is 10.3 Å². The number of para-hydroxylation sites is 1. The molecule has 7 heteroatoms. The number of rotatable bonds is 5. The molecule has 104 valence electrons. The molecule has 0 unspecified atom stereocenters. The van der Waals surface area contributed by atoms with E-state index in [1.807, 2.05) is 12.1 Å². The van der Waals surface area contributed by atoms with Gasteiger partial charge in [0.1, 0.15) is 0 Å². The summed E-state index contributed by atoms with van der Waals surface area (Å²) >= 11 is 0. The molecule has 0 aliphatic heterocycles. The lowest BCUT2D eigenvalue weighted by atomic mass is 10.1. The van der Waals surface area contributed by atoms with E-state index in [9.17, 15) is 9.59 Å². The van der Waals surface area contributed by atoms with Crippen LogP contribution in [0.2, 0.25) is 0 Å². The number of anilines is 1. The van der Waals surface area contributed by atoms with E-state index in [1.165, 1.54) is 6.07 Å². The number of primary amides is 1. The van der Waals surface area contributed by atoms with Crippen LogP contribution >= 0.6 is 0 Å². The van der Waals surface area contributed by atoms with Crippen LogP contribution in [0, 0.1) is 0 Å². The number of carbonyl (C=O) groups is 2. The van der Waals surface area contributed by atoms with Gasteiger partial charge in [0.25, 0.3) is 0 Å². The number of urea groups is 1. The molecule has 1 aromatic heterocycles. The molecule has 2 amide bonds. The quantitative estimate of drug-likeness (QED) is 0.607. The number of aromatic nitrogens is 1. The summed E-state index contributed by atoms with van der Waals surface area (Å²) in [5.41, 5.74) is 6.17. The van der Waals surface area contributed by atoms with E-state index in [2.05, 4.69) is 15.6 Å². The average Bonchev–Trinajstić information content (AvgIpc) is 2.42. The number of carboxylic acids is 1. The van der Waals surface area contributed by atoms with Crippen molar-refractivity contribution < 1.29 is 14.7 Å². The Morgan fingerprint density at radius 2 is 2.00 bits per heavy atom. The number of nitrogens with one attached hydrogen (secondary N) is 2. The molecule has 0 radical (unpaired) electrons. The van der Waals surface area contributed by atoms with E-state index < -0.39 is 12.0 Å². The standard InChI is InChI=1S/C13H14N4O3/c14-13(20)16-6-5-15-10-7-11(12(18)19)17-9-4-2-1-3-8(9)10/h1-4,7H,5-6H2,(H,15,17)(H,18,19)(H3,14,16,20). The second-order valence-electron chi connectivity index (χ2n) is 4.10. The predicted molar refractivity (Wildman–Crippen MR) is 74.8 cm³/mol.